The third kappa shape index (κ3) is 2.84. The van der Waals surface area contributed by atoms with Crippen molar-refractivity contribution in [3.05, 3.63) is 52.8 Å². The molecule has 23 heavy (non-hydrogen) atoms. The fourth-order valence-electron chi connectivity index (χ4n) is 2.55. The van der Waals surface area contributed by atoms with E-state index in [-0.39, 0.29) is 17.5 Å². The molecule has 1 aliphatic heterocycles. The van der Waals surface area contributed by atoms with E-state index in [9.17, 15) is 9.18 Å². The van der Waals surface area contributed by atoms with Crippen molar-refractivity contribution in [1.29, 1.82) is 0 Å². The Bertz CT molecular complexity index is 765. The topological polar surface area (TPSA) is 38.8 Å². The molecule has 0 unspecified atom stereocenters. The summed E-state index contributed by atoms with van der Waals surface area (Å²) < 4.78 is 24.5. The van der Waals surface area contributed by atoms with E-state index in [4.69, 9.17) is 21.1 Å². The zero-order valence-corrected chi connectivity index (χ0v) is 13.4. The summed E-state index contributed by atoms with van der Waals surface area (Å²) in [5.74, 6) is 0.364. The molecule has 0 aromatic heterocycles. The average Bonchev–Trinajstić information content (AvgIpc) is 2.67. The largest absolute Gasteiger partial charge is 0.493 e. The molecule has 1 aliphatic rings. The summed E-state index contributed by atoms with van der Waals surface area (Å²) in [7, 11) is 1.55. The van der Waals surface area contributed by atoms with Gasteiger partial charge >= 0.3 is 0 Å². The minimum Gasteiger partial charge on any atom is -0.493 e. The molecule has 2 aromatic rings. The molecule has 0 spiro atoms. The maximum Gasteiger partial charge on any atom is 0.268 e. The Labute approximate surface area is 138 Å². The van der Waals surface area contributed by atoms with Crippen molar-refractivity contribution in [3.63, 3.8) is 0 Å². The zero-order valence-electron chi connectivity index (χ0n) is 12.7. The highest BCUT2D eigenvalue weighted by molar-refractivity contribution is 6.31. The Morgan fingerprint density at radius 1 is 1.35 bits per heavy atom. The number of hydrogen-bond donors (Lipinski definition) is 0. The molecule has 0 N–H and O–H groups in total. The Morgan fingerprint density at radius 2 is 2.13 bits per heavy atom. The van der Waals surface area contributed by atoms with E-state index in [0.29, 0.717) is 17.2 Å². The Balaban J connectivity index is 2.06. The zero-order chi connectivity index (χ0) is 16.6. The molecule has 4 nitrogen and oxygen atoms in total. The van der Waals surface area contributed by atoms with Gasteiger partial charge in [-0.2, -0.15) is 0 Å². The average molecular weight is 336 g/mol. The number of halogens is 2. The lowest BCUT2D eigenvalue weighted by atomic mass is 10.1. The Kier molecular flexibility index (Phi) is 4.13. The van der Waals surface area contributed by atoms with Gasteiger partial charge in [0.05, 0.1) is 18.7 Å². The molecule has 0 saturated carbocycles. The smallest absolute Gasteiger partial charge is 0.268 e. The molecule has 120 valence electrons. The second-order valence-electron chi connectivity index (χ2n) is 5.23. The highest BCUT2D eigenvalue weighted by atomic mass is 35.5. The van der Waals surface area contributed by atoms with Gasteiger partial charge in [-0.1, -0.05) is 23.7 Å². The third-order valence-electron chi connectivity index (χ3n) is 3.73. The number of carbonyl (C=O) groups excluding carboxylic acids is 1. The number of anilines is 1. The first-order chi connectivity index (χ1) is 11.0. The third-order valence-corrected chi connectivity index (χ3v) is 4.02. The molecule has 1 atom stereocenters. The van der Waals surface area contributed by atoms with Crippen LogP contribution in [0.3, 0.4) is 0 Å². The van der Waals surface area contributed by atoms with Crippen molar-refractivity contribution in [1.82, 2.24) is 0 Å². The summed E-state index contributed by atoms with van der Waals surface area (Å²) in [5, 5.41) is -0.0287. The Hall–Kier alpha value is -2.27. The first-order valence-corrected chi connectivity index (χ1v) is 7.48. The number of rotatable bonds is 2. The van der Waals surface area contributed by atoms with Crippen molar-refractivity contribution >= 4 is 23.2 Å². The lowest BCUT2D eigenvalue weighted by molar-refractivity contribution is -0.124. The fourth-order valence-corrected chi connectivity index (χ4v) is 2.72. The Morgan fingerprint density at radius 3 is 2.83 bits per heavy atom. The van der Waals surface area contributed by atoms with Gasteiger partial charge in [0.1, 0.15) is 5.82 Å². The molecule has 0 bridgehead atoms. The van der Waals surface area contributed by atoms with Gasteiger partial charge in [0.2, 0.25) is 0 Å². The van der Waals surface area contributed by atoms with Crippen LogP contribution in [0.2, 0.25) is 5.02 Å². The van der Waals surface area contributed by atoms with E-state index in [1.165, 1.54) is 23.1 Å². The molecule has 0 aliphatic carbocycles. The predicted molar refractivity (Wildman–Crippen MR) is 85.7 cm³/mol. The maximum absolute atomic E-state index is 13.4. The normalized spacial score (nSPS) is 17.3. The van der Waals surface area contributed by atoms with Gasteiger partial charge in [-0.15, -0.1) is 0 Å². The first-order valence-electron chi connectivity index (χ1n) is 7.10. The predicted octanol–water partition coefficient (Wildman–Crippen LogP) is 3.80. The number of para-hydroxylation sites is 1. The molecule has 1 heterocycles. The van der Waals surface area contributed by atoms with Crippen molar-refractivity contribution in [3.8, 4) is 11.5 Å². The number of methoxy groups -OCH3 is 1. The molecule has 6 heteroatoms. The SMILES string of the molecule is COc1cccc2c1O[C@H](C)C(=O)N(c1ccc(F)c(Cl)c1)C2. The van der Waals surface area contributed by atoms with Crippen molar-refractivity contribution < 1.29 is 18.7 Å². The molecule has 0 radical (unpaired) electrons. The fraction of sp³-hybridized carbons (Fsp3) is 0.235. The molecule has 3 rings (SSSR count). The summed E-state index contributed by atoms with van der Waals surface area (Å²) in [5.41, 5.74) is 1.33. The van der Waals surface area contributed by atoms with E-state index in [1.807, 2.05) is 12.1 Å². The monoisotopic (exact) mass is 335 g/mol. The molecule has 1 amide bonds. The van der Waals surface area contributed by atoms with Crippen LogP contribution in [0, 0.1) is 5.82 Å². The van der Waals surface area contributed by atoms with Crippen LogP contribution in [-0.2, 0) is 11.3 Å². The highest BCUT2D eigenvalue weighted by Gasteiger charge is 2.30. The van der Waals surface area contributed by atoms with Crippen LogP contribution < -0.4 is 14.4 Å². The van der Waals surface area contributed by atoms with Crippen LogP contribution in [0.5, 0.6) is 11.5 Å². The van der Waals surface area contributed by atoms with Gasteiger partial charge in [0.25, 0.3) is 5.91 Å². The van der Waals surface area contributed by atoms with E-state index in [0.717, 1.165) is 5.56 Å². The minimum absolute atomic E-state index is 0.0287. The number of benzene rings is 2. The van der Waals surface area contributed by atoms with Gasteiger partial charge in [0.15, 0.2) is 17.6 Å². The summed E-state index contributed by atoms with van der Waals surface area (Å²) in [6.45, 7) is 1.96. The summed E-state index contributed by atoms with van der Waals surface area (Å²) in [6.07, 6.45) is -0.698. The molecule has 0 fully saturated rings. The van der Waals surface area contributed by atoms with Crippen molar-refractivity contribution in [2.45, 2.75) is 19.6 Å². The quantitative estimate of drug-likeness (QED) is 0.838. The highest BCUT2D eigenvalue weighted by Crippen LogP contribution is 2.36. The number of fused-ring (bicyclic) bond motifs is 1. The van der Waals surface area contributed by atoms with Gasteiger partial charge < -0.3 is 14.4 Å². The first kappa shape index (κ1) is 15.6. The van der Waals surface area contributed by atoms with E-state index in [2.05, 4.69) is 0 Å². The van der Waals surface area contributed by atoms with Gasteiger partial charge in [0, 0.05) is 11.3 Å². The summed E-state index contributed by atoms with van der Waals surface area (Å²) in [6, 6.07) is 9.68. The van der Waals surface area contributed by atoms with Gasteiger partial charge in [-0.05, 0) is 31.2 Å². The molecular formula is C17H15ClFNO3. The standard InChI is InChI=1S/C17H15ClFNO3/c1-10-17(21)20(12-6-7-14(19)13(18)8-12)9-11-4-3-5-15(22-2)16(11)23-10/h3-8,10H,9H2,1-2H3/t10-/m1/s1. The summed E-state index contributed by atoms with van der Waals surface area (Å²) in [4.78, 5) is 14.2. The van der Waals surface area contributed by atoms with Crippen molar-refractivity contribution in [2.75, 3.05) is 12.0 Å². The lowest BCUT2D eigenvalue weighted by Gasteiger charge is -2.22. The van der Waals surface area contributed by atoms with Crippen LogP contribution in [0.4, 0.5) is 10.1 Å². The second kappa shape index (κ2) is 6.08. The number of hydrogen-bond acceptors (Lipinski definition) is 3. The van der Waals surface area contributed by atoms with E-state index < -0.39 is 11.9 Å². The minimum atomic E-state index is -0.698. The second-order valence-corrected chi connectivity index (χ2v) is 5.64. The molecule has 2 aromatic carbocycles. The van der Waals surface area contributed by atoms with Crippen LogP contribution in [-0.4, -0.2) is 19.1 Å². The number of nitrogens with zero attached hydrogens (tertiary/aromatic N) is 1. The van der Waals surface area contributed by atoms with Gasteiger partial charge in [-0.3, -0.25) is 4.79 Å². The number of ether oxygens (including phenoxy) is 2. The number of amides is 1. The van der Waals surface area contributed by atoms with Crippen LogP contribution in [0.15, 0.2) is 36.4 Å². The van der Waals surface area contributed by atoms with E-state index in [1.54, 1.807) is 20.1 Å². The van der Waals surface area contributed by atoms with Crippen LogP contribution in [0.1, 0.15) is 12.5 Å². The van der Waals surface area contributed by atoms with Crippen molar-refractivity contribution in [2.24, 2.45) is 0 Å². The maximum atomic E-state index is 13.4. The summed E-state index contributed by atoms with van der Waals surface area (Å²) >= 11 is 5.84. The lowest BCUT2D eigenvalue weighted by Crippen LogP contribution is -2.38. The van der Waals surface area contributed by atoms with E-state index >= 15 is 0 Å². The van der Waals surface area contributed by atoms with Crippen LogP contribution >= 0.6 is 11.6 Å². The van der Waals surface area contributed by atoms with Gasteiger partial charge in [-0.25, -0.2) is 4.39 Å². The molecule has 0 saturated heterocycles. The number of carbonyl (C=O) groups is 1. The molecular weight excluding hydrogens is 321 g/mol. The van der Waals surface area contributed by atoms with Crippen LogP contribution in [0.25, 0.3) is 0 Å².